The number of aryl methyl sites for hydroxylation is 2. The topological polar surface area (TPSA) is 80.6 Å². The molecule has 0 unspecified atom stereocenters. The number of esters is 1. The lowest BCUT2D eigenvalue weighted by Crippen LogP contribution is -2.25. The zero-order chi connectivity index (χ0) is 19.9. The number of methoxy groups -OCH3 is 1. The highest BCUT2D eigenvalue weighted by Crippen LogP contribution is 2.26. The molecule has 0 atom stereocenters. The van der Waals surface area contributed by atoms with Crippen molar-refractivity contribution in [2.24, 2.45) is 0 Å². The molecule has 3 rings (SSSR count). The van der Waals surface area contributed by atoms with Crippen molar-refractivity contribution in [3.05, 3.63) is 58.0 Å². The van der Waals surface area contributed by atoms with Crippen molar-refractivity contribution in [3.63, 3.8) is 0 Å². The molecule has 7 heteroatoms. The van der Waals surface area contributed by atoms with E-state index in [1.54, 1.807) is 18.2 Å². The van der Waals surface area contributed by atoms with Crippen LogP contribution in [0.25, 0.3) is 11.8 Å². The molecule has 0 bridgehead atoms. The molecule has 1 N–H and O–H groups in total. The van der Waals surface area contributed by atoms with Gasteiger partial charge in [0, 0.05) is 24.1 Å². The second-order valence-corrected chi connectivity index (χ2v) is 6.51. The predicted molar refractivity (Wildman–Crippen MR) is 101 cm³/mol. The molecule has 0 saturated carbocycles. The predicted octanol–water partition coefficient (Wildman–Crippen LogP) is 2.71. The first-order valence-electron chi connectivity index (χ1n) is 8.43. The molecule has 1 aliphatic rings. The van der Waals surface area contributed by atoms with E-state index < -0.39 is 12.0 Å². The van der Waals surface area contributed by atoms with Crippen molar-refractivity contribution < 1.29 is 19.1 Å². The van der Waals surface area contributed by atoms with E-state index in [4.69, 9.17) is 4.74 Å². The number of likely N-dealkylation sites (N-methyl/N-ethyl adjacent to an activating group) is 1. The molecule has 2 aromatic rings. The summed E-state index contributed by atoms with van der Waals surface area (Å²) < 4.78 is 6.83. The molecule has 0 radical (unpaired) electrons. The number of hydrogen-bond acceptors (Lipinski definition) is 4. The number of carbonyl (C=O) groups is 3. The zero-order valence-corrected chi connectivity index (χ0v) is 15.9. The summed E-state index contributed by atoms with van der Waals surface area (Å²) in [6.45, 7) is 5.83. The molecule has 2 heterocycles. The summed E-state index contributed by atoms with van der Waals surface area (Å²) in [5, 5.41) is 2.57. The molecule has 7 nitrogen and oxygen atoms in total. The Balaban J connectivity index is 2.09. The lowest BCUT2D eigenvalue weighted by Gasteiger charge is -2.14. The summed E-state index contributed by atoms with van der Waals surface area (Å²) in [6.07, 6.45) is 1.67. The third-order valence-electron chi connectivity index (χ3n) is 4.72. The van der Waals surface area contributed by atoms with Crippen LogP contribution < -0.4 is 5.32 Å². The minimum absolute atomic E-state index is 0.239. The molecular formula is C20H21N3O4. The van der Waals surface area contributed by atoms with Gasteiger partial charge < -0.3 is 14.6 Å². The lowest BCUT2D eigenvalue weighted by atomic mass is 10.1. The van der Waals surface area contributed by atoms with Crippen molar-refractivity contribution in [2.75, 3.05) is 14.2 Å². The van der Waals surface area contributed by atoms with E-state index in [-0.39, 0.29) is 11.6 Å². The summed E-state index contributed by atoms with van der Waals surface area (Å²) in [7, 11) is 2.78. The quantitative estimate of drug-likeness (QED) is 0.514. The Hall–Kier alpha value is -3.35. The van der Waals surface area contributed by atoms with Gasteiger partial charge in [-0.2, -0.15) is 0 Å². The second-order valence-electron chi connectivity index (χ2n) is 6.51. The Kier molecular flexibility index (Phi) is 4.61. The number of aromatic nitrogens is 1. The van der Waals surface area contributed by atoms with E-state index in [0.29, 0.717) is 5.56 Å². The molecule has 1 aromatic heterocycles. The minimum atomic E-state index is -0.443. The van der Waals surface area contributed by atoms with E-state index in [2.05, 4.69) is 5.32 Å². The van der Waals surface area contributed by atoms with E-state index >= 15 is 0 Å². The fourth-order valence-electron chi connectivity index (χ4n) is 3.18. The molecule has 27 heavy (non-hydrogen) atoms. The van der Waals surface area contributed by atoms with Gasteiger partial charge in [-0.3, -0.25) is 9.69 Å². The summed E-state index contributed by atoms with van der Waals surface area (Å²) >= 11 is 0. The van der Waals surface area contributed by atoms with Crippen LogP contribution in [0.3, 0.4) is 0 Å². The average Bonchev–Trinajstić information content (AvgIpc) is 3.05. The molecule has 3 amide bonds. The van der Waals surface area contributed by atoms with Gasteiger partial charge in [-0.15, -0.1) is 0 Å². The molecule has 0 spiro atoms. The summed E-state index contributed by atoms with van der Waals surface area (Å²) in [4.78, 5) is 36.7. The van der Waals surface area contributed by atoms with Crippen molar-refractivity contribution in [1.82, 2.24) is 14.8 Å². The summed E-state index contributed by atoms with van der Waals surface area (Å²) in [5.41, 5.74) is 5.20. The minimum Gasteiger partial charge on any atom is -0.465 e. The van der Waals surface area contributed by atoms with Gasteiger partial charge in [-0.25, -0.2) is 9.59 Å². The number of nitrogens with one attached hydrogen (secondary N) is 1. The van der Waals surface area contributed by atoms with E-state index in [0.717, 1.165) is 33.1 Å². The molecule has 1 saturated heterocycles. The summed E-state index contributed by atoms with van der Waals surface area (Å²) in [6, 6.07) is 6.87. The number of imide groups is 1. The molecule has 0 aliphatic carbocycles. The van der Waals surface area contributed by atoms with Gasteiger partial charge in [0.1, 0.15) is 5.70 Å². The highest BCUT2D eigenvalue weighted by molar-refractivity contribution is 6.13. The Morgan fingerprint density at radius 3 is 2.44 bits per heavy atom. The number of amides is 3. The van der Waals surface area contributed by atoms with Gasteiger partial charge in [0.05, 0.1) is 12.7 Å². The van der Waals surface area contributed by atoms with Crippen LogP contribution in [-0.4, -0.2) is 41.5 Å². The number of benzene rings is 1. The van der Waals surface area contributed by atoms with Crippen LogP contribution >= 0.6 is 0 Å². The number of nitrogens with zero attached hydrogens (tertiary/aromatic N) is 2. The van der Waals surface area contributed by atoms with Gasteiger partial charge >= 0.3 is 12.0 Å². The monoisotopic (exact) mass is 367 g/mol. The van der Waals surface area contributed by atoms with Gasteiger partial charge in [-0.1, -0.05) is 6.07 Å². The largest absolute Gasteiger partial charge is 0.465 e. The fraction of sp³-hybridized carbons (Fsp3) is 0.250. The average molecular weight is 367 g/mol. The number of rotatable bonds is 3. The smallest absolute Gasteiger partial charge is 0.337 e. The third-order valence-corrected chi connectivity index (χ3v) is 4.72. The van der Waals surface area contributed by atoms with Crippen LogP contribution in [0, 0.1) is 20.8 Å². The maximum Gasteiger partial charge on any atom is 0.337 e. The van der Waals surface area contributed by atoms with Crippen LogP contribution in [-0.2, 0) is 9.53 Å². The van der Waals surface area contributed by atoms with Gasteiger partial charge in [0.15, 0.2) is 0 Å². The molecule has 1 aromatic carbocycles. The normalized spacial score (nSPS) is 15.4. The fourth-order valence-corrected chi connectivity index (χ4v) is 3.18. The van der Waals surface area contributed by atoms with Crippen molar-refractivity contribution in [3.8, 4) is 5.69 Å². The Morgan fingerprint density at radius 2 is 1.85 bits per heavy atom. The Morgan fingerprint density at radius 1 is 1.15 bits per heavy atom. The van der Waals surface area contributed by atoms with E-state index in [1.807, 2.05) is 37.5 Å². The maximum absolute atomic E-state index is 12.1. The highest BCUT2D eigenvalue weighted by Gasteiger charge is 2.30. The zero-order valence-electron chi connectivity index (χ0n) is 15.9. The molecule has 140 valence electrons. The maximum atomic E-state index is 12.1. The second kappa shape index (κ2) is 6.75. The van der Waals surface area contributed by atoms with E-state index in [9.17, 15) is 14.4 Å². The lowest BCUT2D eigenvalue weighted by molar-refractivity contribution is -0.121. The van der Waals surface area contributed by atoms with Gasteiger partial charge in [0.2, 0.25) is 0 Å². The van der Waals surface area contributed by atoms with Crippen LogP contribution in [0.5, 0.6) is 0 Å². The van der Waals surface area contributed by atoms with Crippen molar-refractivity contribution >= 4 is 24.0 Å². The Bertz CT molecular complexity index is 1000. The first-order valence-corrected chi connectivity index (χ1v) is 8.43. The summed E-state index contributed by atoms with van der Waals surface area (Å²) in [5.74, 6) is -0.767. The first-order chi connectivity index (χ1) is 12.7. The van der Waals surface area contributed by atoms with Crippen LogP contribution in [0.15, 0.2) is 30.0 Å². The molecular weight excluding hydrogens is 346 g/mol. The number of carbonyl (C=O) groups excluding carboxylic acids is 3. The van der Waals surface area contributed by atoms with E-state index in [1.165, 1.54) is 14.2 Å². The van der Waals surface area contributed by atoms with Crippen LogP contribution in [0.1, 0.15) is 32.9 Å². The SMILES string of the molecule is COC(=O)c1ccc(C)c(-n2c(C)cc(/C=C3/NC(=O)N(C)C3=O)c2C)c1. The molecule has 1 fully saturated rings. The van der Waals surface area contributed by atoms with Crippen molar-refractivity contribution in [2.45, 2.75) is 20.8 Å². The van der Waals surface area contributed by atoms with Crippen LogP contribution in [0.2, 0.25) is 0 Å². The van der Waals surface area contributed by atoms with Gasteiger partial charge in [-0.05, 0) is 56.2 Å². The third kappa shape index (κ3) is 3.12. The standard InChI is InChI=1S/C20H21N3O4/c1-11-6-7-14(19(25)27-5)10-17(11)23-12(2)8-15(13(23)3)9-16-18(24)22(4)20(26)21-16/h6-10H,1-5H3,(H,21,26)/b16-9+. The number of urea groups is 1. The van der Waals surface area contributed by atoms with Crippen LogP contribution in [0.4, 0.5) is 4.79 Å². The number of hydrogen-bond donors (Lipinski definition) is 1. The number of ether oxygens (including phenoxy) is 1. The Labute approximate surface area is 157 Å². The van der Waals surface area contributed by atoms with Gasteiger partial charge in [0.25, 0.3) is 5.91 Å². The molecule has 1 aliphatic heterocycles. The first kappa shape index (κ1) is 18.4. The highest BCUT2D eigenvalue weighted by atomic mass is 16.5. The van der Waals surface area contributed by atoms with Crippen molar-refractivity contribution in [1.29, 1.82) is 0 Å².